The first-order valence-corrected chi connectivity index (χ1v) is 5.12. The first-order chi connectivity index (χ1) is 6.18. The Balaban J connectivity index is 3.11. The third-order valence-corrected chi connectivity index (χ3v) is 2.09. The summed E-state index contributed by atoms with van der Waals surface area (Å²) in [7, 11) is 0. The molecule has 1 unspecified atom stereocenters. The van der Waals surface area contributed by atoms with Crippen LogP contribution in [0.2, 0.25) is 0 Å². The van der Waals surface area contributed by atoms with Crippen LogP contribution in [-0.4, -0.2) is 24.2 Å². The van der Waals surface area contributed by atoms with Gasteiger partial charge < -0.3 is 10.4 Å². The minimum absolute atomic E-state index is 0.189. The van der Waals surface area contributed by atoms with Gasteiger partial charge in [0.1, 0.15) is 0 Å². The first-order valence-electron chi connectivity index (χ1n) is 5.12. The van der Waals surface area contributed by atoms with Crippen LogP contribution in [0.25, 0.3) is 0 Å². The SMILES string of the molecule is CCCNCCCCC(C)C(=O)O. The van der Waals surface area contributed by atoms with Crippen molar-refractivity contribution in [2.75, 3.05) is 13.1 Å². The van der Waals surface area contributed by atoms with Gasteiger partial charge in [-0.25, -0.2) is 0 Å². The van der Waals surface area contributed by atoms with E-state index in [-0.39, 0.29) is 5.92 Å². The molecule has 3 nitrogen and oxygen atoms in total. The van der Waals surface area contributed by atoms with Crippen molar-refractivity contribution < 1.29 is 9.90 Å². The second-order valence-electron chi connectivity index (χ2n) is 3.49. The predicted molar refractivity (Wildman–Crippen MR) is 53.8 cm³/mol. The third-order valence-electron chi connectivity index (χ3n) is 2.09. The van der Waals surface area contributed by atoms with E-state index in [0.29, 0.717) is 0 Å². The number of unbranched alkanes of at least 4 members (excludes halogenated alkanes) is 1. The van der Waals surface area contributed by atoms with Crippen molar-refractivity contribution in [2.45, 2.75) is 39.5 Å². The minimum Gasteiger partial charge on any atom is -0.481 e. The van der Waals surface area contributed by atoms with E-state index in [1.165, 1.54) is 0 Å². The molecule has 0 aliphatic carbocycles. The molecule has 13 heavy (non-hydrogen) atoms. The fourth-order valence-corrected chi connectivity index (χ4v) is 1.13. The maximum absolute atomic E-state index is 10.4. The summed E-state index contributed by atoms with van der Waals surface area (Å²) in [6, 6.07) is 0. The number of rotatable bonds is 8. The topological polar surface area (TPSA) is 49.3 Å². The van der Waals surface area contributed by atoms with Crippen LogP contribution < -0.4 is 5.32 Å². The molecule has 0 aromatic heterocycles. The quantitative estimate of drug-likeness (QED) is 0.570. The van der Waals surface area contributed by atoms with E-state index in [0.717, 1.165) is 38.8 Å². The molecule has 0 aliphatic heterocycles. The summed E-state index contributed by atoms with van der Waals surface area (Å²) >= 11 is 0. The van der Waals surface area contributed by atoms with Gasteiger partial charge in [0.25, 0.3) is 0 Å². The van der Waals surface area contributed by atoms with E-state index in [1.807, 2.05) is 0 Å². The summed E-state index contributed by atoms with van der Waals surface area (Å²) in [5.41, 5.74) is 0. The van der Waals surface area contributed by atoms with E-state index in [2.05, 4.69) is 12.2 Å². The van der Waals surface area contributed by atoms with Gasteiger partial charge in [-0.1, -0.05) is 20.3 Å². The van der Waals surface area contributed by atoms with Crippen molar-refractivity contribution >= 4 is 5.97 Å². The molecule has 0 radical (unpaired) electrons. The average Bonchev–Trinajstić information content (AvgIpc) is 2.10. The lowest BCUT2D eigenvalue weighted by atomic mass is 10.0. The number of nitrogens with one attached hydrogen (secondary N) is 1. The number of carboxylic acid groups (broad SMARTS) is 1. The van der Waals surface area contributed by atoms with E-state index < -0.39 is 5.97 Å². The van der Waals surface area contributed by atoms with Gasteiger partial charge in [0.05, 0.1) is 5.92 Å². The highest BCUT2D eigenvalue weighted by Gasteiger charge is 2.08. The molecule has 0 aromatic carbocycles. The van der Waals surface area contributed by atoms with Gasteiger partial charge in [-0.2, -0.15) is 0 Å². The summed E-state index contributed by atoms with van der Waals surface area (Å²) < 4.78 is 0. The zero-order chi connectivity index (χ0) is 10.1. The highest BCUT2D eigenvalue weighted by molar-refractivity contribution is 5.69. The fraction of sp³-hybridized carbons (Fsp3) is 0.900. The van der Waals surface area contributed by atoms with E-state index in [1.54, 1.807) is 6.92 Å². The number of carboxylic acids is 1. The average molecular weight is 187 g/mol. The monoisotopic (exact) mass is 187 g/mol. The molecule has 2 N–H and O–H groups in total. The van der Waals surface area contributed by atoms with Crippen LogP contribution in [0.3, 0.4) is 0 Å². The normalized spacial score (nSPS) is 12.8. The lowest BCUT2D eigenvalue weighted by Crippen LogP contribution is -2.16. The zero-order valence-corrected chi connectivity index (χ0v) is 8.68. The predicted octanol–water partition coefficient (Wildman–Crippen LogP) is 1.88. The maximum atomic E-state index is 10.4. The number of hydrogen-bond donors (Lipinski definition) is 2. The molecule has 3 heteroatoms. The second kappa shape index (κ2) is 8.05. The Morgan fingerprint density at radius 2 is 2.08 bits per heavy atom. The van der Waals surface area contributed by atoms with Crippen molar-refractivity contribution in [3.63, 3.8) is 0 Å². The molecule has 0 rings (SSSR count). The van der Waals surface area contributed by atoms with Crippen molar-refractivity contribution in [3.8, 4) is 0 Å². The van der Waals surface area contributed by atoms with E-state index in [4.69, 9.17) is 5.11 Å². The molecular formula is C10H21NO2. The van der Waals surface area contributed by atoms with Crippen molar-refractivity contribution in [1.82, 2.24) is 5.32 Å². The lowest BCUT2D eigenvalue weighted by molar-refractivity contribution is -0.141. The van der Waals surface area contributed by atoms with Gasteiger partial charge in [-0.05, 0) is 32.4 Å². The van der Waals surface area contributed by atoms with Crippen LogP contribution in [0.5, 0.6) is 0 Å². The fourth-order valence-electron chi connectivity index (χ4n) is 1.13. The van der Waals surface area contributed by atoms with Crippen molar-refractivity contribution in [1.29, 1.82) is 0 Å². The summed E-state index contributed by atoms with van der Waals surface area (Å²) in [6.45, 7) is 5.98. The van der Waals surface area contributed by atoms with Gasteiger partial charge >= 0.3 is 5.97 Å². The highest BCUT2D eigenvalue weighted by atomic mass is 16.4. The van der Waals surface area contributed by atoms with Crippen molar-refractivity contribution in [3.05, 3.63) is 0 Å². The molecule has 0 amide bonds. The first kappa shape index (κ1) is 12.4. The molecular weight excluding hydrogens is 166 g/mol. The Morgan fingerprint density at radius 1 is 1.38 bits per heavy atom. The Bertz CT molecular complexity index is 137. The molecule has 0 bridgehead atoms. The summed E-state index contributed by atoms with van der Waals surface area (Å²) in [6.07, 6.45) is 4.04. The lowest BCUT2D eigenvalue weighted by Gasteiger charge is -2.05. The molecule has 0 saturated carbocycles. The van der Waals surface area contributed by atoms with Crippen LogP contribution in [-0.2, 0) is 4.79 Å². The minimum atomic E-state index is -0.679. The summed E-state index contributed by atoms with van der Waals surface area (Å²) in [5, 5.41) is 11.9. The Morgan fingerprint density at radius 3 is 2.62 bits per heavy atom. The smallest absolute Gasteiger partial charge is 0.306 e. The maximum Gasteiger partial charge on any atom is 0.306 e. The van der Waals surface area contributed by atoms with E-state index >= 15 is 0 Å². The standard InChI is InChI=1S/C10H21NO2/c1-3-7-11-8-5-4-6-9(2)10(12)13/h9,11H,3-8H2,1-2H3,(H,12,13). The molecule has 0 aliphatic rings. The largest absolute Gasteiger partial charge is 0.481 e. The number of hydrogen-bond acceptors (Lipinski definition) is 2. The summed E-state index contributed by atoms with van der Waals surface area (Å²) in [5.74, 6) is -0.868. The zero-order valence-electron chi connectivity index (χ0n) is 8.68. The molecule has 0 fully saturated rings. The van der Waals surface area contributed by atoms with Crippen LogP contribution >= 0.6 is 0 Å². The van der Waals surface area contributed by atoms with Gasteiger partial charge in [0, 0.05) is 0 Å². The van der Waals surface area contributed by atoms with Gasteiger partial charge in [-0.15, -0.1) is 0 Å². The van der Waals surface area contributed by atoms with Crippen LogP contribution in [0, 0.1) is 5.92 Å². The van der Waals surface area contributed by atoms with Crippen LogP contribution in [0.1, 0.15) is 39.5 Å². The molecule has 0 saturated heterocycles. The Hall–Kier alpha value is -0.570. The second-order valence-corrected chi connectivity index (χ2v) is 3.49. The van der Waals surface area contributed by atoms with Gasteiger partial charge in [-0.3, -0.25) is 4.79 Å². The van der Waals surface area contributed by atoms with E-state index in [9.17, 15) is 4.79 Å². The number of carbonyl (C=O) groups is 1. The molecule has 1 atom stereocenters. The Kier molecular flexibility index (Phi) is 7.69. The summed E-state index contributed by atoms with van der Waals surface area (Å²) in [4.78, 5) is 10.4. The van der Waals surface area contributed by atoms with Crippen molar-refractivity contribution in [2.24, 2.45) is 5.92 Å². The highest BCUT2D eigenvalue weighted by Crippen LogP contribution is 2.06. The van der Waals surface area contributed by atoms with Crippen LogP contribution in [0.4, 0.5) is 0 Å². The molecule has 0 aromatic rings. The van der Waals surface area contributed by atoms with Gasteiger partial charge in [0.15, 0.2) is 0 Å². The van der Waals surface area contributed by atoms with Crippen LogP contribution in [0.15, 0.2) is 0 Å². The third kappa shape index (κ3) is 7.78. The molecule has 78 valence electrons. The molecule has 0 heterocycles. The van der Waals surface area contributed by atoms with Gasteiger partial charge in [0.2, 0.25) is 0 Å². The number of aliphatic carboxylic acids is 1. The molecule has 0 spiro atoms. The Labute approximate surface area is 80.5 Å².